The Hall–Kier alpha value is -0.950. The van der Waals surface area contributed by atoms with E-state index in [2.05, 4.69) is 26.8 Å². The van der Waals surface area contributed by atoms with Gasteiger partial charge in [-0.25, -0.2) is 4.98 Å². The zero-order valence-corrected chi connectivity index (χ0v) is 13.4. The number of nitrogens with zero attached hydrogens (tertiary/aromatic N) is 2. The van der Waals surface area contributed by atoms with Gasteiger partial charge in [-0.15, -0.1) is 0 Å². The Morgan fingerprint density at radius 1 is 1.33 bits per heavy atom. The number of benzene rings is 1. The maximum atomic E-state index is 10.1. The number of hydrogen-bond donors (Lipinski definition) is 2. The van der Waals surface area contributed by atoms with Crippen molar-refractivity contribution in [3.63, 3.8) is 0 Å². The van der Waals surface area contributed by atoms with Gasteiger partial charge in [-0.2, -0.15) is 4.37 Å². The number of nitrogens with one attached hydrogen (secondary N) is 1. The molecule has 1 unspecified atom stereocenters. The van der Waals surface area contributed by atoms with E-state index in [4.69, 9.17) is 0 Å². The molecular weight excluding hydrogens is 302 g/mol. The molecule has 1 atom stereocenters. The fourth-order valence-electron chi connectivity index (χ4n) is 2.43. The van der Waals surface area contributed by atoms with E-state index in [0.29, 0.717) is 6.04 Å². The zero-order valence-electron chi connectivity index (χ0n) is 11.7. The van der Waals surface area contributed by atoms with E-state index in [9.17, 15) is 5.11 Å². The molecule has 2 N–H and O–H groups in total. The summed E-state index contributed by atoms with van der Waals surface area (Å²) in [6.07, 6.45) is 4.87. The van der Waals surface area contributed by atoms with Crippen LogP contribution in [0.4, 0.5) is 0 Å². The van der Waals surface area contributed by atoms with E-state index in [0.717, 1.165) is 22.1 Å². The normalized spacial score (nSPS) is 17.6. The minimum absolute atomic E-state index is 0.115. The number of aromatic nitrogens is 2. The summed E-state index contributed by atoms with van der Waals surface area (Å²) < 4.78 is 5.01. The SMILES string of the molecule is OCC(CCSc1ncns1)(NC1CC1)c1ccccc1. The van der Waals surface area contributed by atoms with Gasteiger partial charge in [0.15, 0.2) is 4.34 Å². The molecule has 112 valence electrons. The average Bonchev–Trinajstić information content (AvgIpc) is 3.19. The first-order valence-corrected chi connectivity index (χ1v) is 8.92. The molecule has 3 rings (SSSR count). The number of aliphatic hydroxyl groups is 1. The molecule has 1 aromatic carbocycles. The Balaban J connectivity index is 1.71. The quantitative estimate of drug-likeness (QED) is 0.732. The van der Waals surface area contributed by atoms with Gasteiger partial charge in [0.25, 0.3) is 0 Å². The van der Waals surface area contributed by atoms with Gasteiger partial charge < -0.3 is 10.4 Å². The van der Waals surface area contributed by atoms with Gasteiger partial charge in [-0.1, -0.05) is 42.1 Å². The molecule has 1 saturated carbocycles. The lowest BCUT2D eigenvalue weighted by Gasteiger charge is -2.34. The fraction of sp³-hybridized carbons (Fsp3) is 0.467. The first kappa shape index (κ1) is 15.0. The van der Waals surface area contributed by atoms with E-state index in [1.165, 1.54) is 24.4 Å². The van der Waals surface area contributed by atoms with Crippen molar-refractivity contribution in [2.45, 2.75) is 35.2 Å². The Labute approximate surface area is 133 Å². The summed E-state index contributed by atoms with van der Waals surface area (Å²) >= 11 is 3.13. The van der Waals surface area contributed by atoms with Crippen LogP contribution in [0.15, 0.2) is 41.0 Å². The summed E-state index contributed by atoms with van der Waals surface area (Å²) in [4.78, 5) is 4.20. The molecule has 2 aromatic rings. The van der Waals surface area contributed by atoms with Gasteiger partial charge in [0, 0.05) is 11.8 Å². The molecule has 0 saturated heterocycles. The van der Waals surface area contributed by atoms with Gasteiger partial charge in [-0.3, -0.25) is 0 Å². The number of hydrogen-bond acceptors (Lipinski definition) is 6. The molecule has 21 heavy (non-hydrogen) atoms. The van der Waals surface area contributed by atoms with Crippen molar-refractivity contribution in [2.24, 2.45) is 0 Å². The van der Waals surface area contributed by atoms with Crippen LogP contribution in [-0.2, 0) is 5.54 Å². The second kappa shape index (κ2) is 6.87. The van der Waals surface area contributed by atoms with Crippen LogP contribution in [0.2, 0.25) is 0 Å². The lowest BCUT2D eigenvalue weighted by molar-refractivity contribution is 0.154. The van der Waals surface area contributed by atoms with E-state index in [1.807, 2.05) is 18.2 Å². The van der Waals surface area contributed by atoms with Crippen molar-refractivity contribution < 1.29 is 5.11 Å². The second-order valence-corrected chi connectivity index (χ2v) is 7.45. The highest BCUT2D eigenvalue weighted by atomic mass is 32.2. The fourth-order valence-corrected chi connectivity index (χ4v) is 4.05. The summed E-state index contributed by atoms with van der Waals surface area (Å²) in [6, 6.07) is 10.8. The van der Waals surface area contributed by atoms with E-state index in [-0.39, 0.29) is 12.1 Å². The summed E-state index contributed by atoms with van der Waals surface area (Å²) in [6.45, 7) is 0.115. The molecule has 0 aliphatic heterocycles. The van der Waals surface area contributed by atoms with E-state index >= 15 is 0 Å². The van der Waals surface area contributed by atoms with E-state index in [1.54, 1.807) is 18.1 Å². The van der Waals surface area contributed by atoms with Crippen LogP contribution in [-0.4, -0.2) is 32.9 Å². The van der Waals surface area contributed by atoms with Crippen LogP contribution in [0, 0.1) is 0 Å². The lowest BCUT2D eigenvalue weighted by atomic mass is 9.87. The largest absolute Gasteiger partial charge is 0.394 e. The van der Waals surface area contributed by atoms with Crippen LogP contribution in [0.5, 0.6) is 0 Å². The maximum Gasteiger partial charge on any atom is 0.169 e. The van der Waals surface area contributed by atoms with Crippen molar-refractivity contribution in [1.29, 1.82) is 0 Å². The molecule has 1 heterocycles. The number of aliphatic hydroxyl groups excluding tert-OH is 1. The highest BCUT2D eigenvalue weighted by molar-refractivity contribution is 8.00. The predicted molar refractivity (Wildman–Crippen MR) is 86.6 cm³/mol. The summed E-state index contributed by atoms with van der Waals surface area (Å²) in [5.74, 6) is 0.907. The van der Waals surface area contributed by atoms with Crippen molar-refractivity contribution >= 4 is 23.3 Å². The van der Waals surface area contributed by atoms with Crippen LogP contribution in [0.3, 0.4) is 0 Å². The van der Waals surface area contributed by atoms with Crippen molar-refractivity contribution in [3.8, 4) is 0 Å². The van der Waals surface area contributed by atoms with Gasteiger partial charge in [0.1, 0.15) is 6.33 Å². The predicted octanol–water partition coefficient (Wildman–Crippen LogP) is 2.66. The first-order chi connectivity index (χ1) is 10.3. The van der Waals surface area contributed by atoms with Crippen molar-refractivity contribution in [1.82, 2.24) is 14.7 Å². The summed E-state index contributed by atoms with van der Waals surface area (Å²) in [7, 11) is 0. The smallest absolute Gasteiger partial charge is 0.169 e. The highest BCUT2D eigenvalue weighted by Crippen LogP contribution is 2.33. The maximum absolute atomic E-state index is 10.1. The molecule has 1 aromatic heterocycles. The first-order valence-electron chi connectivity index (χ1n) is 7.16. The van der Waals surface area contributed by atoms with Crippen LogP contribution in [0.1, 0.15) is 24.8 Å². The second-order valence-electron chi connectivity index (χ2n) is 5.33. The topological polar surface area (TPSA) is 58.0 Å². The number of thioether (sulfide) groups is 1. The third-order valence-corrected chi connectivity index (χ3v) is 5.55. The molecule has 1 aliphatic carbocycles. The lowest BCUT2D eigenvalue weighted by Crippen LogP contribution is -2.47. The molecular formula is C15H19N3OS2. The van der Waals surface area contributed by atoms with Gasteiger partial charge in [0.2, 0.25) is 0 Å². The molecule has 1 aliphatic rings. The van der Waals surface area contributed by atoms with E-state index < -0.39 is 0 Å². The summed E-state index contributed by atoms with van der Waals surface area (Å²) in [5.41, 5.74) is 0.817. The Morgan fingerprint density at radius 3 is 2.76 bits per heavy atom. The van der Waals surface area contributed by atoms with Gasteiger partial charge >= 0.3 is 0 Å². The summed E-state index contributed by atoms with van der Waals surface area (Å²) in [5, 5.41) is 13.7. The monoisotopic (exact) mass is 321 g/mol. The molecule has 0 spiro atoms. The van der Waals surface area contributed by atoms with Gasteiger partial charge in [-0.05, 0) is 36.4 Å². The molecule has 0 radical (unpaired) electrons. The van der Waals surface area contributed by atoms with Crippen molar-refractivity contribution in [2.75, 3.05) is 12.4 Å². The molecule has 0 amide bonds. The van der Waals surface area contributed by atoms with Crippen LogP contribution >= 0.6 is 23.3 Å². The zero-order chi connectivity index (χ0) is 14.5. The Morgan fingerprint density at radius 2 is 2.14 bits per heavy atom. The average molecular weight is 321 g/mol. The Kier molecular flexibility index (Phi) is 4.90. The Bertz CT molecular complexity index is 545. The molecule has 0 bridgehead atoms. The standard InChI is InChI=1S/C15H19N3OS2/c19-10-15(18-13-6-7-13,12-4-2-1-3-5-12)8-9-20-14-16-11-17-21-14/h1-5,11,13,18-19H,6-10H2. The minimum atomic E-state index is -0.347. The number of rotatable bonds is 8. The molecule has 4 nitrogen and oxygen atoms in total. The van der Waals surface area contributed by atoms with Crippen LogP contribution in [0.25, 0.3) is 0 Å². The molecule has 6 heteroatoms. The van der Waals surface area contributed by atoms with Gasteiger partial charge in [0.05, 0.1) is 12.1 Å². The molecule has 1 fully saturated rings. The van der Waals surface area contributed by atoms with Crippen LogP contribution < -0.4 is 5.32 Å². The third kappa shape index (κ3) is 3.83. The van der Waals surface area contributed by atoms with Crippen molar-refractivity contribution in [3.05, 3.63) is 42.2 Å². The highest BCUT2D eigenvalue weighted by Gasteiger charge is 2.36. The third-order valence-electron chi connectivity index (χ3n) is 3.75. The minimum Gasteiger partial charge on any atom is -0.394 e.